The standard InChI is InChI=1S/C13H21NO/c1-9-6-12(15-8-9)11-7-10(14)4-5-13(11,2)3/h6,8,10-11H,4-5,7,14H2,1-3H3. The summed E-state index contributed by atoms with van der Waals surface area (Å²) in [6, 6.07) is 2.50. The molecule has 0 saturated heterocycles. The van der Waals surface area contributed by atoms with Gasteiger partial charge in [0.2, 0.25) is 0 Å². The van der Waals surface area contributed by atoms with Gasteiger partial charge in [0.1, 0.15) is 5.76 Å². The van der Waals surface area contributed by atoms with Crippen molar-refractivity contribution >= 4 is 0 Å². The summed E-state index contributed by atoms with van der Waals surface area (Å²) in [4.78, 5) is 0. The quantitative estimate of drug-likeness (QED) is 0.768. The molecule has 0 bridgehead atoms. The zero-order valence-electron chi connectivity index (χ0n) is 9.92. The molecular formula is C13H21NO. The second-order valence-corrected chi connectivity index (χ2v) is 5.60. The van der Waals surface area contributed by atoms with Crippen LogP contribution in [-0.2, 0) is 0 Å². The molecule has 2 nitrogen and oxygen atoms in total. The average molecular weight is 207 g/mol. The van der Waals surface area contributed by atoms with Crippen LogP contribution < -0.4 is 5.73 Å². The second-order valence-electron chi connectivity index (χ2n) is 5.60. The zero-order valence-corrected chi connectivity index (χ0v) is 9.92. The third-order valence-corrected chi connectivity index (χ3v) is 3.74. The van der Waals surface area contributed by atoms with Gasteiger partial charge >= 0.3 is 0 Å². The highest BCUT2D eigenvalue weighted by atomic mass is 16.3. The minimum Gasteiger partial charge on any atom is -0.469 e. The summed E-state index contributed by atoms with van der Waals surface area (Å²) in [5, 5.41) is 0. The van der Waals surface area contributed by atoms with Gasteiger partial charge in [0.25, 0.3) is 0 Å². The van der Waals surface area contributed by atoms with Crippen molar-refractivity contribution in [3.05, 3.63) is 23.7 Å². The van der Waals surface area contributed by atoms with E-state index >= 15 is 0 Å². The lowest BCUT2D eigenvalue weighted by Gasteiger charge is -2.40. The molecule has 15 heavy (non-hydrogen) atoms. The highest BCUT2D eigenvalue weighted by molar-refractivity contribution is 5.17. The average Bonchev–Trinajstić information content (AvgIpc) is 2.56. The summed E-state index contributed by atoms with van der Waals surface area (Å²) in [7, 11) is 0. The molecule has 2 unspecified atom stereocenters. The third-order valence-electron chi connectivity index (χ3n) is 3.74. The van der Waals surface area contributed by atoms with Crippen LogP contribution in [-0.4, -0.2) is 6.04 Å². The van der Waals surface area contributed by atoms with Crippen LogP contribution in [0.5, 0.6) is 0 Å². The molecule has 84 valence electrons. The van der Waals surface area contributed by atoms with E-state index in [4.69, 9.17) is 10.2 Å². The predicted octanol–water partition coefficient (Wildman–Crippen LogP) is 3.21. The van der Waals surface area contributed by atoms with E-state index in [0.717, 1.165) is 18.6 Å². The number of nitrogens with two attached hydrogens (primary N) is 1. The molecule has 2 heteroatoms. The van der Waals surface area contributed by atoms with Gasteiger partial charge in [-0.1, -0.05) is 13.8 Å². The first-order chi connectivity index (χ1) is 6.99. The maximum absolute atomic E-state index is 6.05. The minimum absolute atomic E-state index is 0.320. The molecule has 1 aliphatic rings. The molecule has 2 atom stereocenters. The van der Waals surface area contributed by atoms with Crippen LogP contribution in [0.1, 0.15) is 50.4 Å². The SMILES string of the molecule is Cc1coc(C2CC(N)CCC2(C)C)c1. The fourth-order valence-corrected chi connectivity index (χ4v) is 2.61. The largest absolute Gasteiger partial charge is 0.469 e. The third kappa shape index (κ3) is 2.10. The smallest absolute Gasteiger partial charge is 0.107 e. The van der Waals surface area contributed by atoms with Crippen molar-refractivity contribution in [2.24, 2.45) is 11.1 Å². The van der Waals surface area contributed by atoms with Gasteiger partial charge in [-0.25, -0.2) is 0 Å². The molecule has 0 aliphatic heterocycles. The number of hydrogen-bond donors (Lipinski definition) is 1. The number of furan rings is 1. The fraction of sp³-hybridized carbons (Fsp3) is 0.692. The van der Waals surface area contributed by atoms with Gasteiger partial charge in [0, 0.05) is 12.0 Å². The Balaban J connectivity index is 2.25. The van der Waals surface area contributed by atoms with Gasteiger partial charge in [-0.3, -0.25) is 0 Å². The molecule has 0 radical (unpaired) electrons. The second kappa shape index (κ2) is 3.67. The Morgan fingerprint density at radius 2 is 2.20 bits per heavy atom. The summed E-state index contributed by atoms with van der Waals surface area (Å²) in [6.45, 7) is 6.71. The fourth-order valence-electron chi connectivity index (χ4n) is 2.61. The maximum atomic E-state index is 6.05. The van der Waals surface area contributed by atoms with Crippen molar-refractivity contribution in [2.75, 3.05) is 0 Å². The molecule has 1 fully saturated rings. The summed E-state index contributed by atoms with van der Waals surface area (Å²) >= 11 is 0. The molecule has 2 rings (SSSR count). The molecule has 1 aromatic rings. The van der Waals surface area contributed by atoms with E-state index in [9.17, 15) is 0 Å². The Kier molecular flexibility index (Phi) is 2.63. The van der Waals surface area contributed by atoms with Gasteiger partial charge < -0.3 is 10.2 Å². The van der Waals surface area contributed by atoms with Gasteiger partial charge in [-0.05, 0) is 43.2 Å². The van der Waals surface area contributed by atoms with Gasteiger partial charge in [0.15, 0.2) is 0 Å². The molecule has 1 saturated carbocycles. The van der Waals surface area contributed by atoms with Gasteiger partial charge in [0.05, 0.1) is 6.26 Å². The van der Waals surface area contributed by atoms with Crippen molar-refractivity contribution in [1.29, 1.82) is 0 Å². The lowest BCUT2D eigenvalue weighted by atomic mass is 9.66. The molecule has 0 spiro atoms. The Morgan fingerprint density at radius 3 is 2.80 bits per heavy atom. The maximum Gasteiger partial charge on any atom is 0.107 e. The Labute approximate surface area is 91.8 Å². The number of aryl methyl sites for hydroxylation is 1. The summed E-state index contributed by atoms with van der Waals surface area (Å²) in [5.74, 6) is 1.60. The van der Waals surface area contributed by atoms with E-state index in [2.05, 4.69) is 26.8 Å². The van der Waals surface area contributed by atoms with E-state index in [-0.39, 0.29) is 0 Å². The molecule has 1 aliphatic carbocycles. The first kappa shape index (κ1) is 10.7. The van der Waals surface area contributed by atoms with E-state index < -0.39 is 0 Å². The van der Waals surface area contributed by atoms with Crippen LogP contribution in [0.2, 0.25) is 0 Å². The molecule has 2 N–H and O–H groups in total. The lowest BCUT2D eigenvalue weighted by molar-refractivity contribution is 0.163. The van der Waals surface area contributed by atoms with E-state index in [1.54, 1.807) is 0 Å². The van der Waals surface area contributed by atoms with Crippen molar-refractivity contribution in [2.45, 2.75) is 52.0 Å². The van der Waals surface area contributed by atoms with Crippen LogP contribution in [0.25, 0.3) is 0 Å². The van der Waals surface area contributed by atoms with E-state index in [0.29, 0.717) is 17.4 Å². The first-order valence-corrected chi connectivity index (χ1v) is 5.79. The highest BCUT2D eigenvalue weighted by Crippen LogP contribution is 2.46. The van der Waals surface area contributed by atoms with Gasteiger partial charge in [-0.15, -0.1) is 0 Å². The predicted molar refractivity (Wildman–Crippen MR) is 61.8 cm³/mol. The minimum atomic E-state index is 0.320. The van der Waals surface area contributed by atoms with Crippen LogP contribution >= 0.6 is 0 Å². The molecular weight excluding hydrogens is 186 g/mol. The van der Waals surface area contributed by atoms with Crippen LogP contribution in [0.3, 0.4) is 0 Å². The normalized spacial score (nSPS) is 30.4. The summed E-state index contributed by atoms with van der Waals surface area (Å²) in [5.41, 5.74) is 7.58. The number of rotatable bonds is 1. The number of hydrogen-bond acceptors (Lipinski definition) is 2. The van der Waals surface area contributed by atoms with Crippen LogP contribution in [0, 0.1) is 12.3 Å². The van der Waals surface area contributed by atoms with Crippen LogP contribution in [0.4, 0.5) is 0 Å². The topological polar surface area (TPSA) is 39.2 Å². The summed E-state index contributed by atoms with van der Waals surface area (Å²) in [6.07, 6.45) is 5.23. The van der Waals surface area contributed by atoms with E-state index in [1.807, 2.05) is 6.26 Å². The molecule has 1 heterocycles. The zero-order chi connectivity index (χ0) is 11.1. The van der Waals surface area contributed by atoms with Crippen molar-refractivity contribution in [3.63, 3.8) is 0 Å². The first-order valence-electron chi connectivity index (χ1n) is 5.79. The summed E-state index contributed by atoms with van der Waals surface area (Å²) < 4.78 is 5.63. The van der Waals surface area contributed by atoms with E-state index in [1.165, 1.54) is 12.0 Å². The molecule has 1 aromatic heterocycles. The highest BCUT2D eigenvalue weighted by Gasteiger charge is 2.37. The van der Waals surface area contributed by atoms with Crippen molar-refractivity contribution in [1.82, 2.24) is 0 Å². The van der Waals surface area contributed by atoms with Crippen molar-refractivity contribution < 1.29 is 4.42 Å². The van der Waals surface area contributed by atoms with Crippen LogP contribution in [0.15, 0.2) is 16.7 Å². The van der Waals surface area contributed by atoms with Gasteiger partial charge in [-0.2, -0.15) is 0 Å². The molecule has 0 aromatic carbocycles. The Morgan fingerprint density at radius 1 is 1.47 bits per heavy atom. The lowest BCUT2D eigenvalue weighted by Crippen LogP contribution is -2.36. The molecule has 0 amide bonds. The van der Waals surface area contributed by atoms with Crippen molar-refractivity contribution in [3.8, 4) is 0 Å². The Bertz CT molecular complexity index is 340. The Hall–Kier alpha value is -0.760. The monoisotopic (exact) mass is 207 g/mol.